The minimum absolute atomic E-state index is 0.173. The van der Waals surface area contributed by atoms with Crippen LogP contribution in [0.15, 0.2) is 40.6 Å². The predicted molar refractivity (Wildman–Crippen MR) is 48.4 cm³/mol. The van der Waals surface area contributed by atoms with Gasteiger partial charge in [0.2, 0.25) is 11.6 Å². The van der Waals surface area contributed by atoms with Crippen molar-refractivity contribution in [1.29, 1.82) is 0 Å². The second-order valence-electron chi connectivity index (χ2n) is 2.85. The van der Waals surface area contributed by atoms with Gasteiger partial charge in [0.25, 0.3) is 0 Å². The van der Waals surface area contributed by atoms with E-state index >= 15 is 0 Å². The summed E-state index contributed by atoms with van der Waals surface area (Å²) in [7, 11) is 0. The molecule has 0 bridgehead atoms. The number of carbonyl (C=O) groups is 2. The third-order valence-electron chi connectivity index (χ3n) is 1.93. The average molecular weight is 173 g/mol. The van der Waals surface area contributed by atoms with Gasteiger partial charge >= 0.3 is 0 Å². The summed E-state index contributed by atoms with van der Waals surface area (Å²) >= 11 is 0. The number of rotatable bonds is 0. The van der Waals surface area contributed by atoms with Gasteiger partial charge < -0.3 is 0 Å². The van der Waals surface area contributed by atoms with Crippen LogP contribution in [0.5, 0.6) is 0 Å². The minimum Gasteiger partial charge on any atom is -0.290 e. The van der Waals surface area contributed by atoms with Gasteiger partial charge in [0.15, 0.2) is 0 Å². The number of carbonyl (C=O) groups excluding carboxylic acids is 2. The Bertz CT molecular complexity index is 397. The summed E-state index contributed by atoms with van der Waals surface area (Å²) in [5, 5.41) is 0. The molecule has 0 atom stereocenters. The molecule has 0 aromatic rings. The Labute approximate surface area is 75.2 Å². The summed E-state index contributed by atoms with van der Waals surface area (Å²) < 4.78 is 0. The van der Waals surface area contributed by atoms with E-state index in [0.717, 1.165) is 5.57 Å². The Hall–Kier alpha value is -1.77. The Kier molecular flexibility index (Phi) is 1.77. The fraction of sp³-hybridized carbons (Fsp3) is 0.100. The molecule has 1 heterocycles. The van der Waals surface area contributed by atoms with Crippen molar-refractivity contribution in [1.82, 2.24) is 0 Å². The monoisotopic (exact) mass is 173 g/mol. The van der Waals surface area contributed by atoms with Crippen molar-refractivity contribution < 1.29 is 9.59 Å². The Balaban J connectivity index is 2.49. The van der Waals surface area contributed by atoms with Crippen molar-refractivity contribution in [2.75, 3.05) is 0 Å². The second kappa shape index (κ2) is 2.94. The molecule has 0 spiro atoms. The molecule has 0 amide bonds. The van der Waals surface area contributed by atoms with Crippen LogP contribution in [0.2, 0.25) is 0 Å². The van der Waals surface area contributed by atoms with Crippen molar-refractivity contribution in [3.8, 4) is 0 Å². The van der Waals surface area contributed by atoms with Crippen LogP contribution in [0.3, 0.4) is 0 Å². The highest BCUT2D eigenvalue weighted by Gasteiger charge is 2.22. The molecule has 3 heteroatoms. The molecule has 0 saturated heterocycles. The van der Waals surface area contributed by atoms with Crippen molar-refractivity contribution in [3.63, 3.8) is 0 Å². The van der Waals surface area contributed by atoms with E-state index in [4.69, 9.17) is 0 Å². The van der Waals surface area contributed by atoms with Gasteiger partial charge in [0, 0.05) is 18.7 Å². The first-order valence-electron chi connectivity index (χ1n) is 3.96. The van der Waals surface area contributed by atoms with Crippen LogP contribution in [-0.2, 0) is 9.59 Å². The van der Waals surface area contributed by atoms with Gasteiger partial charge in [-0.3, -0.25) is 14.6 Å². The molecule has 0 N–H and O–H groups in total. The normalized spacial score (nSPS) is 20.6. The van der Waals surface area contributed by atoms with E-state index in [9.17, 15) is 9.59 Å². The smallest absolute Gasteiger partial charge is 0.223 e. The molecule has 0 saturated carbocycles. The third-order valence-corrected chi connectivity index (χ3v) is 1.93. The molecule has 1 aliphatic heterocycles. The molecule has 0 radical (unpaired) electrons. The van der Waals surface area contributed by atoms with Crippen LogP contribution >= 0.6 is 0 Å². The maximum atomic E-state index is 11.1. The molecule has 2 rings (SSSR count). The lowest BCUT2D eigenvalue weighted by molar-refractivity contribution is -0.133. The maximum absolute atomic E-state index is 11.1. The Morgan fingerprint density at radius 2 is 2.08 bits per heavy atom. The lowest BCUT2D eigenvalue weighted by atomic mass is 9.96. The zero-order valence-electron chi connectivity index (χ0n) is 6.86. The first kappa shape index (κ1) is 7.86. The first-order valence-corrected chi connectivity index (χ1v) is 3.96. The average Bonchev–Trinajstić information content (AvgIpc) is 2.31. The van der Waals surface area contributed by atoms with Gasteiger partial charge in [-0.25, -0.2) is 0 Å². The number of hydrogen-bond donors (Lipinski definition) is 0. The van der Waals surface area contributed by atoms with Gasteiger partial charge in [-0.05, 0) is 11.6 Å². The van der Waals surface area contributed by atoms with E-state index in [0.29, 0.717) is 5.70 Å². The number of nitrogens with zero attached hydrogens (tertiary/aromatic N) is 1. The van der Waals surface area contributed by atoms with E-state index < -0.39 is 5.78 Å². The second-order valence-corrected chi connectivity index (χ2v) is 2.85. The van der Waals surface area contributed by atoms with Gasteiger partial charge in [-0.2, -0.15) is 0 Å². The van der Waals surface area contributed by atoms with Crippen LogP contribution in [0.1, 0.15) is 6.42 Å². The summed E-state index contributed by atoms with van der Waals surface area (Å²) in [5.41, 5.74) is 1.42. The standard InChI is InChI=1S/C10H7NO2/c12-9-5-7-3-1-2-4-11-8(7)6-10(9)13/h1-4,6H,5H2. The molecule has 0 fully saturated rings. The van der Waals surface area contributed by atoms with Crippen LogP contribution < -0.4 is 0 Å². The molecule has 0 aromatic carbocycles. The van der Waals surface area contributed by atoms with E-state index in [1.165, 1.54) is 6.08 Å². The highest BCUT2D eigenvalue weighted by Crippen LogP contribution is 2.22. The molecule has 0 unspecified atom stereocenters. The van der Waals surface area contributed by atoms with E-state index in [1.807, 2.05) is 12.2 Å². The number of aliphatic imine (C=N–C) groups is 1. The Morgan fingerprint density at radius 3 is 2.92 bits per heavy atom. The summed E-state index contributed by atoms with van der Waals surface area (Å²) in [5.74, 6) is -0.813. The highest BCUT2D eigenvalue weighted by atomic mass is 16.2. The van der Waals surface area contributed by atoms with Crippen molar-refractivity contribution in [2.45, 2.75) is 6.42 Å². The number of allylic oxidation sites excluding steroid dienone is 5. The zero-order valence-corrected chi connectivity index (χ0v) is 6.86. The number of Topliss-reactive ketones (excluding diaryl/α,β-unsaturated/α-hetero) is 1. The van der Waals surface area contributed by atoms with Crippen molar-refractivity contribution in [3.05, 3.63) is 35.6 Å². The van der Waals surface area contributed by atoms with Crippen molar-refractivity contribution >= 4 is 17.8 Å². The van der Waals surface area contributed by atoms with Crippen LogP contribution in [0.4, 0.5) is 0 Å². The summed E-state index contributed by atoms with van der Waals surface area (Å²) in [6, 6.07) is 0. The SMILES string of the molecule is O=C1C=C2N=CC=CC=C2CC1=O. The van der Waals surface area contributed by atoms with Gasteiger partial charge in [0.1, 0.15) is 0 Å². The molecule has 3 nitrogen and oxygen atoms in total. The largest absolute Gasteiger partial charge is 0.290 e. The number of ketones is 2. The lowest BCUT2D eigenvalue weighted by Gasteiger charge is -2.09. The van der Waals surface area contributed by atoms with E-state index in [1.54, 1.807) is 12.3 Å². The van der Waals surface area contributed by atoms with Crippen LogP contribution in [-0.4, -0.2) is 17.8 Å². The minimum atomic E-state index is -0.453. The molecule has 0 aromatic heterocycles. The Morgan fingerprint density at radius 1 is 1.23 bits per heavy atom. The summed E-state index contributed by atoms with van der Waals surface area (Å²) in [6.45, 7) is 0. The fourth-order valence-corrected chi connectivity index (χ4v) is 1.26. The van der Waals surface area contributed by atoms with Crippen molar-refractivity contribution in [2.24, 2.45) is 4.99 Å². The zero-order chi connectivity index (χ0) is 9.26. The molecule has 2 aliphatic rings. The number of fused-ring (bicyclic) bond motifs is 1. The van der Waals surface area contributed by atoms with Gasteiger partial charge in [-0.15, -0.1) is 0 Å². The third kappa shape index (κ3) is 1.40. The van der Waals surface area contributed by atoms with Crippen LogP contribution in [0.25, 0.3) is 0 Å². The van der Waals surface area contributed by atoms with E-state index in [2.05, 4.69) is 4.99 Å². The summed E-state index contributed by atoms with van der Waals surface area (Å²) in [6.07, 6.45) is 8.46. The fourth-order valence-electron chi connectivity index (χ4n) is 1.26. The topological polar surface area (TPSA) is 46.5 Å². The predicted octanol–water partition coefficient (Wildman–Crippen LogP) is 0.979. The van der Waals surface area contributed by atoms with E-state index in [-0.39, 0.29) is 12.2 Å². The molecule has 13 heavy (non-hydrogen) atoms. The highest BCUT2D eigenvalue weighted by molar-refractivity contribution is 6.43. The number of hydrogen-bond acceptors (Lipinski definition) is 3. The lowest BCUT2D eigenvalue weighted by Crippen LogP contribution is -2.17. The van der Waals surface area contributed by atoms with Gasteiger partial charge in [0.05, 0.1) is 5.70 Å². The molecule has 64 valence electrons. The van der Waals surface area contributed by atoms with Gasteiger partial charge in [-0.1, -0.05) is 12.2 Å². The maximum Gasteiger partial charge on any atom is 0.223 e. The van der Waals surface area contributed by atoms with Crippen LogP contribution in [0, 0.1) is 0 Å². The molecular formula is C10H7NO2. The molecule has 1 aliphatic carbocycles. The quantitative estimate of drug-likeness (QED) is 0.512. The summed E-state index contributed by atoms with van der Waals surface area (Å²) in [4.78, 5) is 26.1. The first-order chi connectivity index (χ1) is 6.27. The molecular weight excluding hydrogens is 166 g/mol.